The van der Waals surface area contributed by atoms with E-state index in [1.807, 2.05) is 66.2 Å². The van der Waals surface area contributed by atoms with Gasteiger partial charge in [0.05, 0.1) is 16.7 Å². The number of fused-ring (bicyclic) bond motifs is 2. The topological polar surface area (TPSA) is 81.3 Å². The van der Waals surface area contributed by atoms with Gasteiger partial charge in [-0.1, -0.05) is 24.3 Å². The average Bonchev–Trinajstić information content (AvgIpc) is 3.19. The molecule has 5 rings (SSSR count). The van der Waals surface area contributed by atoms with Crippen molar-refractivity contribution >= 4 is 28.3 Å². The van der Waals surface area contributed by atoms with Gasteiger partial charge < -0.3 is 14.3 Å². The fraction of sp³-hybridized carbons (Fsp3) is 0.0833. The molecule has 1 amide bonds. The summed E-state index contributed by atoms with van der Waals surface area (Å²) >= 11 is 0. The summed E-state index contributed by atoms with van der Waals surface area (Å²) in [6.45, 7) is 2.02. The number of aromatic nitrogens is 4. The van der Waals surface area contributed by atoms with E-state index < -0.39 is 11.5 Å². The molecule has 7 heteroatoms. The molecule has 0 radical (unpaired) electrons. The fourth-order valence-corrected chi connectivity index (χ4v) is 3.60. The van der Waals surface area contributed by atoms with Crippen molar-refractivity contribution in [3.05, 3.63) is 94.7 Å². The second kappa shape index (κ2) is 7.21. The molecule has 3 aromatic heterocycles. The minimum absolute atomic E-state index is 0.144. The molecule has 0 saturated carbocycles. The Morgan fingerprint density at radius 2 is 1.84 bits per heavy atom. The van der Waals surface area contributed by atoms with Crippen molar-refractivity contribution in [1.29, 1.82) is 0 Å². The van der Waals surface area contributed by atoms with E-state index in [0.717, 1.165) is 22.5 Å². The number of carbonyl (C=O) groups is 1. The quantitative estimate of drug-likeness (QED) is 0.491. The number of anilines is 1. The molecule has 0 aliphatic heterocycles. The number of rotatable bonds is 3. The highest BCUT2D eigenvalue weighted by atomic mass is 16.2. The minimum atomic E-state index is -0.547. The SMILES string of the molecule is Cc1ccn2cc(-c3cccc(NC(=O)c4nc5ccccc5n(C)c4=O)c3)nc2c1. The van der Waals surface area contributed by atoms with E-state index in [4.69, 9.17) is 0 Å². The first-order chi connectivity index (χ1) is 15.0. The van der Waals surface area contributed by atoms with Crippen LogP contribution in [0.3, 0.4) is 0 Å². The predicted octanol–water partition coefficient (Wildman–Crippen LogP) is 3.81. The van der Waals surface area contributed by atoms with E-state index >= 15 is 0 Å². The highest BCUT2D eigenvalue weighted by molar-refractivity contribution is 6.03. The number of hydrogen-bond acceptors (Lipinski definition) is 4. The molecule has 0 aliphatic carbocycles. The van der Waals surface area contributed by atoms with Crippen LogP contribution >= 0.6 is 0 Å². The highest BCUT2D eigenvalue weighted by Gasteiger charge is 2.16. The third kappa shape index (κ3) is 3.36. The zero-order chi connectivity index (χ0) is 21.5. The van der Waals surface area contributed by atoms with Crippen LogP contribution in [0.4, 0.5) is 5.69 Å². The first-order valence-electron chi connectivity index (χ1n) is 9.82. The lowest BCUT2D eigenvalue weighted by molar-refractivity contribution is 0.102. The highest BCUT2D eigenvalue weighted by Crippen LogP contribution is 2.23. The molecule has 0 saturated heterocycles. The Morgan fingerprint density at radius 1 is 1.00 bits per heavy atom. The number of benzene rings is 2. The van der Waals surface area contributed by atoms with Crippen LogP contribution < -0.4 is 10.9 Å². The molecule has 0 atom stereocenters. The smallest absolute Gasteiger partial charge is 0.282 e. The van der Waals surface area contributed by atoms with Gasteiger partial charge in [-0.05, 0) is 48.9 Å². The molecule has 152 valence electrons. The number of carbonyl (C=O) groups excluding carboxylic acids is 1. The zero-order valence-corrected chi connectivity index (χ0v) is 17.0. The number of hydrogen-bond donors (Lipinski definition) is 1. The Hall–Kier alpha value is -4.26. The molecule has 7 nitrogen and oxygen atoms in total. The van der Waals surface area contributed by atoms with Gasteiger partial charge in [0.25, 0.3) is 11.5 Å². The Balaban J connectivity index is 1.48. The lowest BCUT2D eigenvalue weighted by Crippen LogP contribution is -2.29. The van der Waals surface area contributed by atoms with E-state index in [2.05, 4.69) is 15.3 Å². The number of aryl methyl sites for hydroxylation is 2. The zero-order valence-electron chi connectivity index (χ0n) is 17.0. The Labute approximate surface area is 177 Å². The third-order valence-corrected chi connectivity index (χ3v) is 5.23. The minimum Gasteiger partial charge on any atom is -0.320 e. The van der Waals surface area contributed by atoms with E-state index in [9.17, 15) is 9.59 Å². The second-order valence-electron chi connectivity index (χ2n) is 7.44. The molecule has 3 heterocycles. The number of amides is 1. The van der Waals surface area contributed by atoms with Gasteiger partial charge in [-0.25, -0.2) is 9.97 Å². The van der Waals surface area contributed by atoms with Gasteiger partial charge in [0.15, 0.2) is 5.69 Å². The van der Waals surface area contributed by atoms with Crippen LogP contribution in [-0.4, -0.2) is 24.8 Å². The molecule has 2 aromatic carbocycles. The van der Waals surface area contributed by atoms with Gasteiger partial charge in [0.1, 0.15) is 5.65 Å². The summed E-state index contributed by atoms with van der Waals surface area (Å²) in [6, 6.07) is 18.6. The van der Waals surface area contributed by atoms with Crippen LogP contribution in [0.2, 0.25) is 0 Å². The van der Waals surface area contributed by atoms with Crippen LogP contribution in [0.1, 0.15) is 16.1 Å². The van der Waals surface area contributed by atoms with E-state index in [-0.39, 0.29) is 5.69 Å². The number of para-hydroxylation sites is 2. The lowest BCUT2D eigenvalue weighted by atomic mass is 10.1. The summed E-state index contributed by atoms with van der Waals surface area (Å²) in [5.74, 6) is -0.547. The number of pyridine rings is 1. The molecule has 0 fully saturated rings. The summed E-state index contributed by atoms with van der Waals surface area (Å²) in [5.41, 5.74) is 4.88. The van der Waals surface area contributed by atoms with Crippen LogP contribution in [0.5, 0.6) is 0 Å². The Kier molecular flexibility index (Phi) is 4.36. The first-order valence-corrected chi connectivity index (χ1v) is 9.82. The molecular weight excluding hydrogens is 390 g/mol. The van der Waals surface area contributed by atoms with Gasteiger partial charge in [-0.15, -0.1) is 0 Å². The maximum Gasteiger partial charge on any atom is 0.282 e. The van der Waals surface area contributed by atoms with E-state index in [1.165, 1.54) is 4.57 Å². The molecular formula is C24H19N5O2. The monoisotopic (exact) mass is 409 g/mol. The largest absolute Gasteiger partial charge is 0.320 e. The molecule has 0 unspecified atom stereocenters. The maximum absolute atomic E-state index is 12.9. The van der Waals surface area contributed by atoms with Gasteiger partial charge in [0.2, 0.25) is 0 Å². The first kappa shape index (κ1) is 18.7. The number of nitrogens with one attached hydrogen (secondary N) is 1. The summed E-state index contributed by atoms with van der Waals surface area (Å²) in [4.78, 5) is 34.5. The van der Waals surface area contributed by atoms with Gasteiger partial charge in [0, 0.05) is 30.7 Å². The van der Waals surface area contributed by atoms with Crippen LogP contribution in [0.25, 0.3) is 27.9 Å². The molecule has 0 bridgehead atoms. The molecule has 0 aliphatic rings. The van der Waals surface area contributed by atoms with Crippen LogP contribution in [0, 0.1) is 6.92 Å². The van der Waals surface area contributed by atoms with Gasteiger partial charge >= 0.3 is 0 Å². The van der Waals surface area contributed by atoms with Gasteiger partial charge in [-0.2, -0.15) is 0 Å². The van der Waals surface area contributed by atoms with Crippen molar-refractivity contribution in [3.8, 4) is 11.3 Å². The van der Waals surface area contributed by atoms with Crippen LogP contribution in [-0.2, 0) is 7.05 Å². The fourth-order valence-electron chi connectivity index (χ4n) is 3.60. The summed E-state index contributed by atoms with van der Waals surface area (Å²) in [6.07, 6.45) is 3.91. The predicted molar refractivity (Wildman–Crippen MR) is 120 cm³/mol. The molecule has 0 spiro atoms. The molecule has 31 heavy (non-hydrogen) atoms. The standard InChI is InChI=1S/C24H19N5O2/c1-15-10-11-29-14-19(26-21(29)12-15)16-6-5-7-17(13-16)25-23(30)22-24(31)28(2)20-9-4-3-8-18(20)27-22/h3-14H,1-2H3,(H,25,30). The summed E-state index contributed by atoms with van der Waals surface area (Å²) in [7, 11) is 1.63. The Bertz CT molecular complexity index is 1530. The number of nitrogens with zero attached hydrogens (tertiary/aromatic N) is 4. The lowest BCUT2D eigenvalue weighted by Gasteiger charge is -2.09. The summed E-state index contributed by atoms with van der Waals surface area (Å²) in [5, 5.41) is 2.79. The van der Waals surface area contributed by atoms with Crippen molar-refractivity contribution in [1.82, 2.24) is 18.9 Å². The van der Waals surface area contributed by atoms with Crippen molar-refractivity contribution in [2.75, 3.05) is 5.32 Å². The van der Waals surface area contributed by atoms with Crippen LogP contribution in [0.15, 0.2) is 77.9 Å². The van der Waals surface area contributed by atoms with Gasteiger partial charge in [-0.3, -0.25) is 9.59 Å². The Morgan fingerprint density at radius 3 is 2.71 bits per heavy atom. The third-order valence-electron chi connectivity index (χ3n) is 5.23. The normalized spacial score (nSPS) is 11.2. The average molecular weight is 409 g/mol. The van der Waals surface area contributed by atoms with Crippen molar-refractivity contribution < 1.29 is 4.79 Å². The van der Waals surface area contributed by atoms with Crippen molar-refractivity contribution in [3.63, 3.8) is 0 Å². The van der Waals surface area contributed by atoms with Crippen molar-refractivity contribution in [2.24, 2.45) is 7.05 Å². The van der Waals surface area contributed by atoms with E-state index in [0.29, 0.717) is 16.7 Å². The number of imidazole rings is 1. The van der Waals surface area contributed by atoms with E-state index in [1.54, 1.807) is 25.2 Å². The summed E-state index contributed by atoms with van der Waals surface area (Å²) < 4.78 is 3.39. The molecule has 5 aromatic rings. The maximum atomic E-state index is 12.9. The second-order valence-corrected chi connectivity index (χ2v) is 7.44. The molecule has 1 N–H and O–H groups in total. The van der Waals surface area contributed by atoms with Crippen molar-refractivity contribution in [2.45, 2.75) is 6.92 Å².